The highest BCUT2D eigenvalue weighted by molar-refractivity contribution is 7.87. The molecule has 0 radical (unpaired) electrons. The lowest BCUT2D eigenvalue weighted by Gasteiger charge is -2.41. The molecule has 2 aliphatic rings. The molecule has 1 spiro atoms. The van der Waals surface area contributed by atoms with Gasteiger partial charge < -0.3 is 8.92 Å². The second kappa shape index (κ2) is 6.33. The van der Waals surface area contributed by atoms with Crippen molar-refractivity contribution in [3.05, 3.63) is 11.8 Å². The van der Waals surface area contributed by atoms with E-state index < -0.39 is 15.6 Å². The molecule has 2 aliphatic carbocycles. The first-order valence-corrected chi connectivity index (χ1v) is 8.81. The molecule has 0 heterocycles. The van der Waals surface area contributed by atoms with Crippen LogP contribution in [0.4, 0.5) is 13.2 Å². The summed E-state index contributed by atoms with van der Waals surface area (Å²) in [6, 6.07) is 0. The van der Waals surface area contributed by atoms with Crippen LogP contribution >= 0.6 is 0 Å². The molecule has 0 bridgehead atoms. The third kappa shape index (κ3) is 4.39. The Morgan fingerprint density at radius 2 is 1.87 bits per heavy atom. The van der Waals surface area contributed by atoms with Gasteiger partial charge in [0, 0.05) is 13.3 Å². The van der Waals surface area contributed by atoms with E-state index in [0.717, 1.165) is 12.8 Å². The van der Waals surface area contributed by atoms with Gasteiger partial charge in [-0.05, 0) is 50.0 Å². The van der Waals surface area contributed by atoms with Crippen LogP contribution in [-0.2, 0) is 23.8 Å². The van der Waals surface area contributed by atoms with E-state index in [9.17, 15) is 26.4 Å². The van der Waals surface area contributed by atoms with E-state index in [-0.39, 0.29) is 29.7 Å². The van der Waals surface area contributed by atoms with Gasteiger partial charge in [0.05, 0.1) is 0 Å². The van der Waals surface area contributed by atoms with Crippen molar-refractivity contribution >= 4 is 16.1 Å². The molecular weight excluding hydrogens is 337 g/mol. The van der Waals surface area contributed by atoms with Gasteiger partial charge in [0.25, 0.3) is 0 Å². The van der Waals surface area contributed by atoms with Crippen molar-refractivity contribution in [3.63, 3.8) is 0 Å². The zero-order valence-electron chi connectivity index (χ0n) is 12.7. The minimum absolute atomic E-state index is 0.0640. The second-order valence-electron chi connectivity index (χ2n) is 6.17. The predicted octanol–water partition coefficient (Wildman–Crippen LogP) is 3.41. The molecule has 23 heavy (non-hydrogen) atoms. The number of hydrogen-bond acceptors (Lipinski definition) is 5. The topological polar surface area (TPSA) is 69.7 Å². The Morgan fingerprint density at radius 3 is 2.30 bits per heavy atom. The van der Waals surface area contributed by atoms with Crippen LogP contribution in [-0.4, -0.2) is 26.0 Å². The second-order valence-corrected chi connectivity index (χ2v) is 7.70. The van der Waals surface area contributed by atoms with Gasteiger partial charge in [-0.2, -0.15) is 21.6 Å². The molecular formula is C14H19F3O5S. The monoisotopic (exact) mass is 356 g/mol. The van der Waals surface area contributed by atoms with Gasteiger partial charge in [0.15, 0.2) is 0 Å². The Balaban J connectivity index is 1.93. The van der Waals surface area contributed by atoms with E-state index in [1.165, 1.54) is 13.0 Å². The van der Waals surface area contributed by atoms with Crippen LogP contribution in [0.2, 0.25) is 0 Å². The summed E-state index contributed by atoms with van der Waals surface area (Å²) in [6.45, 7) is 1.36. The summed E-state index contributed by atoms with van der Waals surface area (Å²) in [6.07, 6.45) is 5.55. The van der Waals surface area contributed by atoms with Crippen LogP contribution in [0.15, 0.2) is 11.8 Å². The van der Waals surface area contributed by atoms with E-state index in [4.69, 9.17) is 4.74 Å². The van der Waals surface area contributed by atoms with Gasteiger partial charge in [-0.1, -0.05) is 0 Å². The minimum Gasteiger partial charge on any atom is -0.463 e. The fourth-order valence-corrected chi connectivity index (χ4v) is 3.72. The van der Waals surface area contributed by atoms with Gasteiger partial charge in [0.1, 0.15) is 11.9 Å². The van der Waals surface area contributed by atoms with E-state index in [2.05, 4.69) is 4.18 Å². The Labute approximate surface area is 133 Å². The summed E-state index contributed by atoms with van der Waals surface area (Å²) in [4.78, 5) is 10.9. The van der Waals surface area contributed by atoms with Gasteiger partial charge >= 0.3 is 21.6 Å². The lowest BCUT2D eigenvalue weighted by atomic mass is 9.66. The van der Waals surface area contributed by atoms with Gasteiger partial charge in [-0.3, -0.25) is 4.79 Å². The maximum atomic E-state index is 12.3. The zero-order chi connectivity index (χ0) is 17.3. The van der Waals surface area contributed by atoms with Crippen molar-refractivity contribution in [2.24, 2.45) is 5.41 Å². The summed E-state index contributed by atoms with van der Waals surface area (Å²) in [5.74, 6) is -0.461. The fraction of sp³-hybridized carbons (Fsp3) is 0.786. The van der Waals surface area contributed by atoms with Crippen molar-refractivity contribution in [2.75, 3.05) is 0 Å². The lowest BCUT2D eigenvalue weighted by molar-refractivity contribution is -0.149. The fourth-order valence-electron chi connectivity index (χ4n) is 3.20. The highest BCUT2D eigenvalue weighted by atomic mass is 32.2. The highest BCUT2D eigenvalue weighted by Crippen LogP contribution is 2.48. The van der Waals surface area contributed by atoms with Crippen LogP contribution in [0, 0.1) is 5.41 Å². The zero-order valence-corrected chi connectivity index (χ0v) is 13.5. The predicted molar refractivity (Wildman–Crippen MR) is 74.4 cm³/mol. The molecule has 0 aromatic carbocycles. The van der Waals surface area contributed by atoms with Crippen molar-refractivity contribution in [1.82, 2.24) is 0 Å². The quantitative estimate of drug-likeness (QED) is 0.440. The smallest absolute Gasteiger partial charge is 0.463 e. The molecule has 0 saturated heterocycles. The number of hydrogen-bond donors (Lipinski definition) is 0. The maximum Gasteiger partial charge on any atom is 0.534 e. The summed E-state index contributed by atoms with van der Waals surface area (Å²) < 4.78 is 68.3. The third-order valence-corrected chi connectivity index (χ3v) is 5.49. The largest absolute Gasteiger partial charge is 0.534 e. The van der Waals surface area contributed by atoms with Crippen molar-refractivity contribution in [2.45, 2.75) is 63.5 Å². The summed E-state index contributed by atoms with van der Waals surface area (Å²) in [5, 5.41) is 0. The summed E-state index contributed by atoms with van der Waals surface area (Å²) in [5.41, 5.74) is -5.48. The molecule has 1 fully saturated rings. The summed E-state index contributed by atoms with van der Waals surface area (Å²) in [7, 11) is -5.59. The van der Waals surface area contributed by atoms with Crippen LogP contribution < -0.4 is 0 Å². The first kappa shape index (κ1) is 18.1. The number of alkyl halides is 3. The highest BCUT2D eigenvalue weighted by Gasteiger charge is 2.49. The maximum absolute atomic E-state index is 12.3. The van der Waals surface area contributed by atoms with E-state index in [0.29, 0.717) is 25.7 Å². The third-order valence-electron chi connectivity index (χ3n) is 4.49. The standard InChI is InChI=1S/C14H19F3O5S/c1-10(18)21-11-2-6-13(7-3-11)8-4-12(5-9-13)22-23(19,20)14(15,16)17/h4,11H,2-3,5-9H2,1H3. The molecule has 2 rings (SSSR count). The number of esters is 1. The Hall–Kier alpha value is -1.25. The number of ether oxygens (including phenoxy) is 1. The average Bonchev–Trinajstić information content (AvgIpc) is 2.42. The van der Waals surface area contributed by atoms with Crippen LogP contribution in [0.25, 0.3) is 0 Å². The average molecular weight is 356 g/mol. The van der Waals surface area contributed by atoms with Gasteiger partial charge in [-0.15, -0.1) is 0 Å². The number of rotatable bonds is 3. The molecule has 0 unspecified atom stereocenters. The number of halogens is 3. The molecule has 9 heteroatoms. The van der Waals surface area contributed by atoms with E-state index >= 15 is 0 Å². The number of carbonyl (C=O) groups is 1. The molecule has 0 aromatic rings. The molecule has 0 aliphatic heterocycles. The first-order chi connectivity index (χ1) is 10.5. The molecule has 0 amide bonds. The van der Waals surface area contributed by atoms with Gasteiger partial charge in [0.2, 0.25) is 0 Å². The Morgan fingerprint density at radius 1 is 1.26 bits per heavy atom. The molecule has 0 N–H and O–H groups in total. The number of allylic oxidation sites excluding steroid dienone is 2. The first-order valence-electron chi connectivity index (χ1n) is 7.40. The van der Waals surface area contributed by atoms with Crippen molar-refractivity contribution in [3.8, 4) is 0 Å². The molecule has 1 saturated carbocycles. The Bertz CT molecular complexity index is 586. The summed E-state index contributed by atoms with van der Waals surface area (Å²) >= 11 is 0. The molecule has 132 valence electrons. The SMILES string of the molecule is CC(=O)OC1CCC2(CC=C(OS(=O)(=O)C(F)(F)F)CC2)CC1. The van der Waals surface area contributed by atoms with Crippen molar-refractivity contribution < 1.29 is 35.3 Å². The molecule has 0 atom stereocenters. The molecule has 0 aromatic heterocycles. The minimum atomic E-state index is -5.59. The number of carbonyl (C=O) groups excluding carboxylic acids is 1. The normalized spacial score (nSPS) is 29.0. The lowest BCUT2D eigenvalue weighted by Crippen LogP contribution is -2.33. The van der Waals surface area contributed by atoms with Crippen molar-refractivity contribution in [1.29, 1.82) is 0 Å². The Kier molecular flexibility index (Phi) is 4.98. The van der Waals surface area contributed by atoms with Crippen LogP contribution in [0.1, 0.15) is 51.9 Å². The van der Waals surface area contributed by atoms with Gasteiger partial charge in [-0.25, -0.2) is 0 Å². The van der Waals surface area contributed by atoms with Crippen LogP contribution in [0.5, 0.6) is 0 Å². The van der Waals surface area contributed by atoms with Crippen LogP contribution in [0.3, 0.4) is 0 Å². The molecule has 5 nitrogen and oxygen atoms in total. The van der Waals surface area contributed by atoms with E-state index in [1.54, 1.807) is 0 Å². The van der Waals surface area contributed by atoms with E-state index in [1.807, 2.05) is 0 Å².